The Balaban J connectivity index is 1.77. The molecular weight excluding hydrogens is 388 g/mol. The largest absolute Gasteiger partial charge is 0.490 e. The van der Waals surface area contributed by atoms with E-state index in [2.05, 4.69) is 10.6 Å². The highest BCUT2D eigenvalue weighted by Crippen LogP contribution is 2.19. The molecule has 0 aliphatic heterocycles. The number of carbonyl (C=O) groups is 3. The Morgan fingerprint density at radius 3 is 2.37 bits per heavy atom. The molecule has 0 saturated heterocycles. The Labute approximate surface area is 175 Å². The van der Waals surface area contributed by atoms with Gasteiger partial charge in [0, 0.05) is 6.54 Å². The third-order valence-corrected chi connectivity index (χ3v) is 3.86. The Morgan fingerprint density at radius 2 is 1.60 bits per heavy atom. The van der Waals surface area contributed by atoms with Crippen molar-refractivity contribution in [2.45, 2.75) is 19.8 Å². The Bertz CT molecular complexity index is 825. The molecule has 0 unspecified atom stereocenters. The highest BCUT2D eigenvalue weighted by Gasteiger charge is 2.16. The Morgan fingerprint density at radius 1 is 0.900 bits per heavy atom. The maximum atomic E-state index is 12.3. The van der Waals surface area contributed by atoms with Crippen LogP contribution in [0.5, 0.6) is 11.5 Å². The van der Waals surface area contributed by atoms with Crippen molar-refractivity contribution in [3.05, 3.63) is 60.2 Å². The molecular formula is C22H26N2O6. The minimum absolute atomic E-state index is 0.178. The fraction of sp³-hybridized carbons (Fsp3) is 0.318. The van der Waals surface area contributed by atoms with Gasteiger partial charge in [-0.1, -0.05) is 43.7 Å². The summed E-state index contributed by atoms with van der Waals surface area (Å²) in [5, 5.41) is 4.64. The number of carbonyl (C=O) groups excluding carboxylic acids is 3. The molecule has 0 saturated carbocycles. The standard InChI is InChI=1S/C22H26N2O6/c1-2-3-13-23-22(27)24-20(25)16-30-21(26)18-11-7-8-12-19(18)29-15-14-28-17-9-5-4-6-10-17/h4-12H,2-3,13-16H2,1H3,(H2,23,24,25,27). The summed E-state index contributed by atoms with van der Waals surface area (Å²) in [7, 11) is 0. The zero-order valence-electron chi connectivity index (χ0n) is 16.9. The van der Waals surface area contributed by atoms with E-state index < -0.39 is 24.5 Å². The van der Waals surface area contributed by atoms with Crippen LogP contribution in [0, 0.1) is 0 Å². The molecule has 2 aromatic carbocycles. The zero-order valence-corrected chi connectivity index (χ0v) is 16.9. The van der Waals surface area contributed by atoms with E-state index in [1.807, 2.05) is 37.3 Å². The van der Waals surface area contributed by atoms with Crippen LogP contribution in [0.25, 0.3) is 0 Å². The van der Waals surface area contributed by atoms with Gasteiger partial charge in [-0.2, -0.15) is 0 Å². The topological polar surface area (TPSA) is 103 Å². The number of urea groups is 1. The van der Waals surface area contributed by atoms with E-state index in [0.29, 0.717) is 18.9 Å². The maximum absolute atomic E-state index is 12.3. The van der Waals surface area contributed by atoms with Crippen LogP contribution in [0.4, 0.5) is 4.79 Å². The lowest BCUT2D eigenvalue weighted by Gasteiger charge is -2.12. The van der Waals surface area contributed by atoms with E-state index in [-0.39, 0.29) is 12.2 Å². The molecule has 30 heavy (non-hydrogen) atoms. The fourth-order valence-electron chi connectivity index (χ4n) is 2.38. The lowest BCUT2D eigenvalue weighted by Crippen LogP contribution is -2.41. The molecule has 0 spiro atoms. The van der Waals surface area contributed by atoms with Gasteiger partial charge in [-0.15, -0.1) is 0 Å². The second-order valence-corrected chi connectivity index (χ2v) is 6.24. The van der Waals surface area contributed by atoms with Gasteiger partial charge in [0.2, 0.25) is 0 Å². The summed E-state index contributed by atoms with van der Waals surface area (Å²) in [6, 6.07) is 15.2. The summed E-state index contributed by atoms with van der Waals surface area (Å²) in [6.45, 7) is 2.39. The molecule has 2 N–H and O–H groups in total. The first-order valence-corrected chi connectivity index (χ1v) is 9.74. The van der Waals surface area contributed by atoms with Crippen LogP contribution >= 0.6 is 0 Å². The summed E-state index contributed by atoms with van der Waals surface area (Å²) in [5.41, 5.74) is 0.178. The van der Waals surface area contributed by atoms with Gasteiger partial charge < -0.3 is 19.5 Å². The first-order chi connectivity index (χ1) is 14.6. The average molecular weight is 414 g/mol. The fourth-order valence-corrected chi connectivity index (χ4v) is 2.38. The molecule has 3 amide bonds. The second kappa shape index (κ2) is 12.8. The van der Waals surface area contributed by atoms with Gasteiger partial charge in [0.15, 0.2) is 6.61 Å². The van der Waals surface area contributed by atoms with Gasteiger partial charge in [0.25, 0.3) is 5.91 Å². The van der Waals surface area contributed by atoms with Crippen LogP contribution in [0.2, 0.25) is 0 Å². The Hall–Kier alpha value is -3.55. The molecule has 0 radical (unpaired) electrons. The van der Waals surface area contributed by atoms with Crippen molar-refractivity contribution in [2.24, 2.45) is 0 Å². The first kappa shape index (κ1) is 22.7. The van der Waals surface area contributed by atoms with Gasteiger partial charge in [-0.3, -0.25) is 10.1 Å². The van der Waals surface area contributed by atoms with E-state index in [1.54, 1.807) is 18.2 Å². The number of rotatable bonds is 11. The molecule has 2 rings (SSSR count). The smallest absolute Gasteiger partial charge is 0.342 e. The molecule has 8 heteroatoms. The summed E-state index contributed by atoms with van der Waals surface area (Å²) in [6.07, 6.45) is 1.73. The molecule has 0 bridgehead atoms. The van der Waals surface area contributed by atoms with E-state index in [4.69, 9.17) is 14.2 Å². The van der Waals surface area contributed by atoms with E-state index in [0.717, 1.165) is 18.6 Å². The van der Waals surface area contributed by atoms with Gasteiger partial charge in [-0.25, -0.2) is 9.59 Å². The van der Waals surface area contributed by atoms with Crippen LogP contribution in [-0.4, -0.2) is 44.3 Å². The van der Waals surface area contributed by atoms with Crippen LogP contribution < -0.4 is 20.1 Å². The molecule has 0 fully saturated rings. The third-order valence-electron chi connectivity index (χ3n) is 3.86. The number of imide groups is 1. The molecule has 160 valence electrons. The van der Waals surface area contributed by atoms with Crippen LogP contribution in [-0.2, 0) is 9.53 Å². The Kier molecular flexibility index (Phi) is 9.72. The molecule has 0 aromatic heterocycles. The summed E-state index contributed by atoms with van der Waals surface area (Å²) in [5.74, 6) is -0.404. The maximum Gasteiger partial charge on any atom is 0.342 e. The molecule has 8 nitrogen and oxygen atoms in total. The summed E-state index contributed by atoms with van der Waals surface area (Å²) >= 11 is 0. The molecule has 2 aromatic rings. The SMILES string of the molecule is CCCCNC(=O)NC(=O)COC(=O)c1ccccc1OCCOc1ccccc1. The lowest BCUT2D eigenvalue weighted by molar-refractivity contribution is -0.123. The predicted molar refractivity (Wildman–Crippen MR) is 111 cm³/mol. The van der Waals surface area contributed by atoms with Crippen molar-refractivity contribution < 1.29 is 28.6 Å². The van der Waals surface area contributed by atoms with Crippen molar-refractivity contribution >= 4 is 17.9 Å². The molecule has 0 heterocycles. The first-order valence-electron chi connectivity index (χ1n) is 9.74. The van der Waals surface area contributed by atoms with Gasteiger partial charge >= 0.3 is 12.0 Å². The third kappa shape index (κ3) is 8.22. The number of nitrogens with one attached hydrogen (secondary N) is 2. The van der Waals surface area contributed by atoms with Crippen LogP contribution in [0.3, 0.4) is 0 Å². The number of esters is 1. The number of hydrogen-bond donors (Lipinski definition) is 2. The number of para-hydroxylation sites is 2. The predicted octanol–water partition coefficient (Wildman–Crippen LogP) is 2.93. The van der Waals surface area contributed by atoms with Crippen molar-refractivity contribution in [2.75, 3.05) is 26.4 Å². The van der Waals surface area contributed by atoms with E-state index in [1.165, 1.54) is 6.07 Å². The normalized spacial score (nSPS) is 10.0. The quantitative estimate of drug-likeness (QED) is 0.433. The van der Waals surface area contributed by atoms with Crippen molar-refractivity contribution in [1.29, 1.82) is 0 Å². The van der Waals surface area contributed by atoms with E-state index in [9.17, 15) is 14.4 Å². The van der Waals surface area contributed by atoms with Gasteiger partial charge in [0.05, 0.1) is 0 Å². The highest BCUT2D eigenvalue weighted by atomic mass is 16.5. The highest BCUT2D eigenvalue weighted by molar-refractivity contribution is 5.97. The minimum Gasteiger partial charge on any atom is -0.490 e. The van der Waals surface area contributed by atoms with Crippen LogP contribution in [0.1, 0.15) is 30.1 Å². The molecule has 0 atom stereocenters. The van der Waals surface area contributed by atoms with Crippen molar-refractivity contribution in [1.82, 2.24) is 10.6 Å². The molecule has 0 aliphatic rings. The number of hydrogen-bond acceptors (Lipinski definition) is 6. The zero-order chi connectivity index (χ0) is 21.6. The minimum atomic E-state index is -0.726. The monoisotopic (exact) mass is 414 g/mol. The number of unbranched alkanes of at least 4 members (excludes halogenated alkanes) is 1. The summed E-state index contributed by atoms with van der Waals surface area (Å²) < 4.78 is 16.2. The number of benzene rings is 2. The lowest BCUT2D eigenvalue weighted by atomic mass is 10.2. The van der Waals surface area contributed by atoms with Gasteiger partial charge in [-0.05, 0) is 30.7 Å². The average Bonchev–Trinajstić information content (AvgIpc) is 2.76. The van der Waals surface area contributed by atoms with Crippen molar-refractivity contribution in [3.63, 3.8) is 0 Å². The number of ether oxygens (including phenoxy) is 3. The van der Waals surface area contributed by atoms with E-state index >= 15 is 0 Å². The van der Waals surface area contributed by atoms with Crippen molar-refractivity contribution in [3.8, 4) is 11.5 Å². The van der Waals surface area contributed by atoms with Crippen LogP contribution in [0.15, 0.2) is 54.6 Å². The summed E-state index contributed by atoms with van der Waals surface area (Å²) in [4.78, 5) is 35.6. The number of amides is 3. The second-order valence-electron chi connectivity index (χ2n) is 6.24. The molecule has 0 aliphatic carbocycles. The van der Waals surface area contributed by atoms with Gasteiger partial charge in [0.1, 0.15) is 30.3 Å².